The van der Waals surface area contributed by atoms with E-state index in [0.717, 1.165) is 11.1 Å². The third kappa shape index (κ3) is 3.15. The second-order valence-electron chi connectivity index (χ2n) is 4.35. The maximum absolute atomic E-state index is 12.2. The van der Waals surface area contributed by atoms with Crippen LogP contribution < -0.4 is 4.72 Å². The SMILES string of the molecule is Cc1cc(C)cc(NS(=O)(=O)c2ccsc2CO)c1. The molecule has 0 spiro atoms. The van der Waals surface area contributed by atoms with Crippen molar-refractivity contribution in [2.45, 2.75) is 25.3 Å². The van der Waals surface area contributed by atoms with Gasteiger partial charge in [0.25, 0.3) is 10.0 Å². The van der Waals surface area contributed by atoms with Crippen LogP contribution in [0.5, 0.6) is 0 Å². The van der Waals surface area contributed by atoms with Crippen LogP contribution in [0.2, 0.25) is 0 Å². The summed E-state index contributed by atoms with van der Waals surface area (Å²) in [6, 6.07) is 7.02. The molecule has 0 aliphatic carbocycles. The molecule has 0 saturated carbocycles. The molecular formula is C13H15NO3S2. The molecule has 0 radical (unpaired) electrons. The minimum Gasteiger partial charge on any atom is -0.391 e. The van der Waals surface area contributed by atoms with Gasteiger partial charge in [-0.25, -0.2) is 8.42 Å². The van der Waals surface area contributed by atoms with Crippen LogP contribution in [0, 0.1) is 13.8 Å². The average molecular weight is 297 g/mol. The van der Waals surface area contributed by atoms with Gasteiger partial charge in [0.15, 0.2) is 0 Å². The standard InChI is InChI=1S/C13H15NO3S2/c1-9-5-10(2)7-11(6-9)14-19(16,17)13-3-4-18-12(13)8-15/h3-7,14-15H,8H2,1-2H3. The largest absolute Gasteiger partial charge is 0.391 e. The fourth-order valence-electron chi connectivity index (χ4n) is 1.93. The Morgan fingerprint density at radius 3 is 2.42 bits per heavy atom. The van der Waals surface area contributed by atoms with Gasteiger partial charge in [0.05, 0.1) is 11.5 Å². The molecule has 1 aromatic carbocycles. The lowest BCUT2D eigenvalue weighted by molar-refractivity contribution is 0.282. The zero-order chi connectivity index (χ0) is 14.0. The van der Waals surface area contributed by atoms with Crippen molar-refractivity contribution < 1.29 is 13.5 Å². The van der Waals surface area contributed by atoms with E-state index in [1.807, 2.05) is 19.9 Å². The maximum atomic E-state index is 12.2. The number of anilines is 1. The van der Waals surface area contributed by atoms with E-state index in [0.29, 0.717) is 10.6 Å². The summed E-state index contributed by atoms with van der Waals surface area (Å²) < 4.78 is 27.0. The Balaban J connectivity index is 2.36. The van der Waals surface area contributed by atoms with Crippen molar-refractivity contribution in [2.75, 3.05) is 4.72 Å². The van der Waals surface area contributed by atoms with Gasteiger partial charge in [-0.15, -0.1) is 11.3 Å². The highest BCUT2D eigenvalue weighted by atomic mass is 32.2. The van der Waals surface area contributed by atoms with Crippen LogP contribution in [0.15, 0.2) is 34.5 Å². The average Bonchev–Trinajstić information content (AvgIpc) is 2.75. The predicted octanol–water partition coefficient (Wildman–Crippen LogP) is 2.66. The number of thiophene rings is 1. The van der Waals surface area contributed by atoms with Gasteiger partial charge >= 0.3 is 0 Å². The Labute approximate surface area is 116 Å². The number of aliphatic hydroxyl groups excluding tert-OH is 1. The molecule has 2 N–H and O–H groups in total. The van der Waals surface area contributed by atoms with Crippen LogP contribution in [-0.2, 0) is 16.6 Å². The number of benzene rings is 1. The van der Waals surface area contributed by atoms with Crippen molar-refractivity contribution in [1.82, 2.24) is 0 Å². The van der Waals surface area contributed by atoms with E-state index in [-0.39, 0.29) is 11.5 Å². The lowest BCUT2D eigenvalue weighted by Gasteiger charge is -2.09. The van der Waals surface area contributed by atoms with Crippen LogP contribution in [-0.4, -0.2) is 13.5 Å². The molecule has 0 saturated heterocycles. The minimum atomic E-state index is -3.65. The van der Waals surface area contributed by atoms with E-state index in [1.165, 1.54) is 17.4 Å². The van der Waals surface area contributed by atoms with E-state index in [9.17, 15) is 8.42 Å². The Kier molecular flexibility index (Phi) is 3.93. The van der Waals surface area contributed by atoms with Crippen LogP contribution in [0.1, 0.15) is 16.0 Å². The molecule has 1 aromatic heterocycles. The maximum Gasteiger partial charge on any atom is 0.263 e. The third-order valence-corrected chi connectivity index (χ3v) is 5.11. The molecule has 0 unspecified atom stereocenters. The van der Waals surface area contributed by atoms with E-state index in [2.05, 4.69) is 4.72 Å². The van der Waals surface area contributed by atoms with Gasteiger partial charge in [0, 0.05) is 5.69 Å². The summed E-state index contributed by atoms with van der Waals surface area (Å²) in [6.45, 7) is 3.55. The summed E-state index contributed by atoms with van der Waals surface area (Å²) in [4.78, 5) is 0.580. The van der Waals surface area contributed by atoms with Gasteiger partial charge in [-0.1, -0.05) is 6.07 Å². The number of aliphatic hydroxyl groups is 1. The Morgan fingerprint density at radius 1 is 1.21 bits per heavy atom. The second-order valence-corrected chi connectivity index (χ2v) is 7.00. The Hall–Kier alpha value is -1.37. The summed E-state index contributed by atoms with van der Waals surface area (Å²) in [5, 5.41) is 10.8. The molecule has 0 amide bonds. The van der Waals surface area contributed by atoms with Crippen molar-refractivity contribution >= 4 is 27.0 Å². The van der Waals surface area contributed by atoms with E-state index in [1.54, 1.807) is 17.5 Å². The number of hydrogen-bond acceptors (Lipinski definition) is 4. The highest BCUT2D eigenvalue weighted by molar-refractivity contribution is 7.93. The topological polar surface area (TPSA) is 66.4 Å². The van der Waals surface area contributed by atoms with Crippen molar-refractivity contribution in [3.63, 3.8) is 0 Å². The lowest BCUT2D eigenvalue weighted by Crippen LogP contribution is -2.14. The third-order valence-electron chi connectivity index (χ3n) is 2.61. The molecule has 6 heteroatoms. The van der Waals surface area contributed by atoms with Crippen LogP contribution in [0.4, 0.5) is 5.69 Å². The van der Waals surface area contributed by atoms with Gasteiger partial charge in [-0.05, 0) is 48.6 Å². The Bertz CT molecular complexity index is 669. The summed E-state index contributed by atoms with van der Waals surface area (Å²) in [5.41, 5.74) is 2.52. The van der Waals surface area contributed by atoms with Crippen molar-refractivity contribution in [1.29, 1.82) is 0 Å². The first-order chi connectivity index (χ1) is 8.92. The highest BCUT2D eigenvalue weighted by Crippen LogP contribution is 2.25. The number of aryl methyl sites for hydroxylation is 2. The molecule has 0 bridgehead atoms. The van der Waals surface area contributed by atoms with Gasteiger partial charge in [0.2, 0.25) is 0 Å². The van der Waals surface area contributed by atoms with E-state index >= 15 is 0 Å². The first-order valence-electron chi connectivity index (χ1n) is 5.71. The van der Waals surface area contributed by atoms with Crippen LogP contribution >= 0.6 is 11.3 Å². The van der Waals surface area contributed by atoms with E-state index in [4.69, 9.17) is 5.11 Å². The van der Waals surface area contributed by atoms with Gasteiger partial charge in [0.1, 0.15) is 4.90 Å². The zero-order valence-electron chi connectivity index (χ0n) is 10.7. The zero-order valence-corrected chi connectivity index (χ0v) is 12.3. The number of rotatable bonds is 4. The van der Waals surface area contributed by atoms with Crippen molar-refractivity contribution in [2.24, 2.45) is 0 Å². The number of hydrogen-bond donors (Lipinski definition) is 2. The van der Waals surface area contributed by atoms with Crippen molar-refractivity contribution in [3.05, 3.63) is 45.6 Å². The molecule has 0 atom stereocenters. The molecule has 2 rings (SSSR count). The van der Waals surface area contributed by atoms with Crippen LogP contribution in [0.3, 0.4) is 0 Å². The highest BCUT2D eigenvalue weighted by Gasteiger charge is 2.19. The van der Waals surface area contributed by atoms with Gasteiger partial charge in [-0.2, -0.15) is 0 Å². The molecule has 0 aliphatic heterocycles. The summed E-state index contributed by atoms with van der Waals surface area (Å²) in [7, 11) is -3.65. The second kappa shape index (κ2) is 5.32. The smallest absolute Gasteiger partial charge is 0.263 e. The summed E-state index contributed by atoms with van der Waals surface area (Å²) >= 11 is 1.22. The molecule has 1 heterocycles. The van der Waals surface area contributed by atoms with Crippen LogP contribution in [0.25, 0.3) is 0 Å². The summed E-state index contributed by atoms with van der Waals surface area (Å²) in [5.74, 6) is 0. The monoisotopic (exact) mass is 297 g/mol. The Morgan fingerprint density at radius 2 is 1.84 bits per heavy atom. The fraction of sp³-hybridized carbons (Fsp3) is 0.231. The molecule has 2 aromatic rings. The molecule has 102 valence electrons. The number of sulfonamides is 1. The minimum absolute atomic E-state index is 0.138. The van der Waals surface area contributed by atoms with Crippen molar-refractivity contribution in [3.8, 4) is 0 Å². The molecule has 4 nitrogen and oxygen atoms in total. The molecule has 0 aliphatic rings. The normalized spacial score (nSPS) is 11.5. The molecule has 19 heavy (non-hydrogen) atoms. The fourth-order valence-corrected chi connectivity index (χ4v) is 4.26. The quantitative estimate of drug-likeness (QED) is 0.911. The predicted molar refractivity (Wildman–Crippen MR) is 77.0 cm³/mol. The summed E-state index contributed by atoms with van der Waals surface area (Å²) in [6.07, 6.45) is 0. The van der Waals surface area contributed by atoms with Gasteiger partial charge in [-0.3, -0.25) is 4.72 Å². The first kappa shape index (κ1) is 14.0. The lowest BCUT2D eigenvalue weighted by atomic mass is 10.1. The molecule has 0 fully saturated rings. The van der Waals surface area contributed by atoms with Gasteiger partial charge < -0.3 is 5.11 Å². The molecular weight excluding hydrogens is 282 g/mol. The van der Waals surface area contributed by atoms with E-state index < -0.39 is 10.0 Å². The number of nitrogens with one attached hydrogen (secondary N) is 1. The first-order valence-corrected chi connectivity index (χ1v) is 8.07.